The van der Waals surface area contributed by atoms with Crippen LogP contribution in [0.3, 0.4) is 0 Å². The predicted molar refractivity (Wildman–Crippen MR) is 116 cm³/mol. The van der Waals surface area contributed by atoms with Gasteiger partial charge in [0, 0.05) is 58.8 Å². The lowest BCUT2D eigenvalue weighted by atomic mass is 10.1. The average molecular weight is 381 g/mol. The highest BCUT2D eigenvalue weighted by molar-refractivity contribution is 6.05. The molecule has 0 radical (unpaired) electrons. The monoisotopic (exact) mass is 381 g/mol. The normalized spacial score (nSPS) is 10.2. The van der Waals surface area contributed by atoms with Crippen molar-refractivity contribution in [3.8, 4) is 0 Å². The Hall–Kier alpha value is -4.19. The number of hydrogen-bond acceptors (Lipinski definition) is 5. The molecule has 1 amide bonds. The molecule has 6 heteroatoms. The van der Waals surface area contributed by atoms with Crippen molar-refractivity contribution in [3.63, 3.8) is 0 Å². The van der Waals surface area contributed by atoms with Gasteiger partial charge >= 0.3 is 0 Å². The molecule has 0 atom stereocenters. The van der Waals surface area contributed by atoms with E-state index in [1.807, 2.05) is 66.7 Å². The van der Waals surface area contributed by atoms with Gasteiger partial charge < -0.3 is 16.0 Å². The summed E-state index contributed by atoms with van der Waals surface area (Å²) in [4.78, 5) is 20.7. The Morgan fingerprint density at radius 2 is 1.10 bits per heavy atom. The van der Waals surface area contributed by atoms with Crippen LogP contribution in [0.15, 0.2) is 97.6 Å². The molecule has 29 heavy (non-hydrogen) atoms. The summed E-state index contributed by atoms with van der Waals surface area (Å²) in [5, 5.41) is 9.50. The summed E-state index contributed by atoms with van der Waals surface area (Å²) >= 11 is 0. The molecule has 142 valence electrons. The lowest BCUT2D eigenvalue weighted by molar-refractivity contribution is 0.102. The van der Waals surface area contributed by atoms with Crippen LogP contribution in [0, 0.1) is 0 Å². The highest BCUT2D eigenvalue weighted by Crippen LogP contribution is 2.21. The van der Waals surface area contributed by atoms with Crippen LogP contribution < -0.4 is 16.0 Å². The van der Waals surface area contributed by atoms with Crippen LogP contribution in [-0.2, 0) is 0 Å². The standard InChI is InChI=1S/C23H19N5O/c29-23(17-3-1-4-20(15-17)26-18-7-11-24-12-8-18)28-22-6-2-5-21(16-22)27-19-9-13-25-14-10-19/h1-16H,(H,24,26)(H,25,27)(H,28,29). The maximum atomic E-state index is 12.7. The SMILES string of the molecule is O=C(Nc1cccc(Nc2ccncc2)c1)c1cccc(Nc2ccncc2)c1. The van der Waals surface area contributed by atoms with Crippen molar-refractivity contribution in [2.75, 3.05) is 16.0 Å². The number of amides is 1. The smallest absolute Gasteiger partial charge is 0.255 e. The van der Waals surface area contributed by atoms with Gasteiger partial charge in [0.15, 0.2) is 0 Å². The van der Waals surface area contributed by atoms with E-state index in [0.717, 1.165) is 22.7 Å². The second-order valence-corrected chi connectivity index (χ2v) is 6.34. The lowest BCUT2D eigenvalue weighted by Gasteiger charge is -2.11. The first-order valence-electron chi connectivity index (χ1n) is 9.12. The maximum Gasteiger partial charge on any atom is 0.255 e. The highest BCUT2D eigenvalue weighted by Gasteiger charge is 2.08. The van der Waals surface area contributed by atoms with Crippen LogP contribution in [0.4, 0.5) is 28.4 Å². The molecule has 3 N–H and O–H groups in total. The number of rotatable bonds is 6. The van der Waals surface area contributed by atoms with Crippen molar-refractivity contribution >= 4 is 34.3 Å². The number of nitrogens with zero attached hydrogens (tertiary/aromatic N) is 2. The van der Waals surface area contributed by atoms with Gasteiger partial charge in [0.2, 0.25) is 0 Å². The van der Waals surface area contributed by atoms with Crippen LogP contribution in [-0.4, -0.2) is 15.9 Å². The fourth-order valence-corrected chi connectivity index (χ4v) is 2.82. The first-order chi connectivity index (χ1) is 14.3. The van der Waals surface area contributed by atoms with Gasteiger partial charge in [0.1, 0.15) is 0 Å². The minimum absolute atomic E-state index is 0.176. The fraction of sp³-hybridized carbons (Fsp3) is 0. The van der Waals surface area contributed by atoms with E-state index in [0.29, 0.717) is 11.3 Å². The van der Waals surface area contributed by atoms with Gasteiger partial charge in [-0.15, -0.1) is 0 Å². The van der Waals surface area contributed by atoms with E-state index in [9.17, 15) is 4.79 Å². The molecule has 0 spiro atoms. The Morgan fingerprint density at radius 3 is 1.72 bits per heavy atom. The van der Waals surface area contributed by atoms with E-state index in [-0.39, 0.29) is 5.91 Å². The van der Waals surface area contributed by atoms with Gasteiger partial charge in [-0.2, -0.15) is 0 Å². The zero-order valence-corrected chi connectivity index (χ0v) is 15.5. The number of benzene rings is 2. The van der Waals surface area contributed by atoms with Crippen LogP contribution in [0.25, 0.3) is 0 Å². The summed E-state index contributed by atoms with van der Waals surface area (Å²) in [6.07, 6.45) is 6.87. The Labute approximate surface area is 168 Å². The Balaban J connectivity index is 1.45. The van der Waals surface area contributed by atoms with Gasteiger partial charge in [-0.05, 0) is 60.7 Å². The molecule has 6 nitrogen and oxygen atoms in total. The van der Waals surface area contributed by atoms with E-state index in [1.165, 1.54) is 0 Å². The van der Waals surface area contributed by atoms with E-state index in [4.69, 9.17) is 0 Å². The van der Waals surface area contributed by atoms with E-state index in [1.54, 1.807) is 30.9 Å². The lowest BCUT2D eigenvalue weighted by Crippen LogP contribution is -2.12. The molecule has 2 aromatic heterocycles. The van der Waals surface area contributed by atoms with Gasteiger partial charge in [0.05, 0.1) is 0 Å². The number of pyridine rings is 2. The van der Waals surface area contributed by atoms with Gasteiger partial charge in [-0.1, -0.05) is 12.1 Å². The van der Waals surface area contributed by atoms with Crippen molar-refractivity contribution in [3.05, 3.63) is 103 Å². The summed E-state index contributed by atoms with van der Waals surface area (Å²) in [7, 11) is 0. The molecule has 0 aliphatic carbocycles. The number of aromatic nitrogens is 2. The minimum Gasteiger partial charge on any atom is -0.355 e. The third-order valence-corrected chi connectivity index (χ3v) is 4.18. The van der Waals surface area contributed by atoms with Crippen LogP contribution in [0.1, 0.15) is 10.4 Å². The van der Waals surface area contributed by atoms with E-state index in [2.05, 4.69) is 25.9 Å². The Kier molecular flexibility index (Phi) is 5.43. The van der Waals surface area contributed by atoms with Gasteiger partial charge in [-0.25, -0.2) is 0 Å². The number of carbonyl (C=O) groups excluding carboxylic acids is 1. The quantitative estimate of drug-likeness (QED) is 0.427. The summed E-state index contributed by atoms with van der Waals surface area (Å²) in [5.41, 5.74) is 4.82. The Morgan fingerprint density at radius 1 is 0.586 bits per heavy atom. The number of nitrogens with one attached hydrogen (secondary N) is 3. The van der Waals surface area contributed by atoms with Crippen LogP contribution in [0.2, 0.25) is 0 Å². The molecule has 0 aliphatic heterocycles. The molecule has 0 saturated heterocycles. The zero-order chi connectivity index (χ0) is 19.9. The minimum atomic E-state index is -0.176. The molecule has 4 aromatic rings. The number of carbonyl (C=O) groups is 1. The number of anilines is 5. The molecule has 2 heterocycles. The topological polar surface area (TPSA) is 78.9 Å². The Bertz CT molecular complexity index is 1100. The second-order valence-electron chi connectivity index (χ2n) is 6.34. The van der Waals surface area contributed by atoms with Crippen molar-refractivity contribution < 1.29 is 4.79 Å². The molecular weight excluding hydrogens is 362 g/mol. The maximum absolute atomic E-state index is 12.7. The second kappa shape index (κ2) is 8.67. The summed E-state index contributed by atoms with van der Waals surface area (Å²) in [6, 6.07) is 22.4. The van der Waals surface area contributed by atoms with Gasteiger partial charge in [0.25, 0.3) is 5.91 Å². The third-order valence-electron chi connectivity index (χ3n) is 4.18. The van der Waals surface area contributed by atoms with Crippen molar-refractivity contribution in [2.24, 2.45) is 0 Å². The summed E-state index contributed by atoms with van der Waals surface area (Å²) in [6.45, 7) is 0. The third kappa shape index (κ3) is 4.95. The van der Waals surface area contributed by atoms with E-state index < -0.39 is 0 Å². The molecular formula is C23H19N5O. The first kappa shape index (κ1) is 18.2. The largest absolute Gasteiger partial charge is 0.355 e. The van der Waals surface area contributed by atoms with E-state index >= 15 is 0 Å². The van der Waals surface area contributed by atoms with Crippen molar-refractivity contribution in [1.82, 2.24) is 9.97 Å². The molecule has 0 bridgehead atoms. The fourth-order valence-electron chi connectivity index (χ4n) is 2.82. The highest BCUT2D eigenvalue weighted by atomic mass is 16.1. The zero-order valence-electron chi connectivity index (χ0n) is 15.5. The molecule has 2 aromatic carbocycles. The van der Waals surface area contributed by atoms with Gasteiger partial charge in [-0.3, -0.25) is 14.8 Å². The van der Waals surface area contributed by atoms with Crippen LogP contribution >= 0.6 is 0 Å². The average Bonchev–Trinajstić information content (AvgIpc) is 2.76. The molecule has 0 saturated carbocycles. The molecule has 0 fully saturated rings. The molecule has 0 aliphatic rings. The first-order valence-corrected chi connectivity index (χ1v) is 9.12. The van der Waals surface area contributed by atoms with Crippen molar-refractivity contribution in [1.29, 1.82) is 0 Å². The molecule has 4 rings (SSSR count). The predicted octanol–water partition coefficient (Wildman–Crippen LogP) is 5.22. The molecule has 0 unspecified atom stereocenters. The van der Waals surface area contributed by atoms with Crippen molar-refractivity contribution in [2.45, 2.75) is 0 Å². The summed E-state index contributed by atoms with van der Waals surface area (Å²) < 4.78 is 0. The number of hydrogen-bond donors (Lipinski definition) is 3. The van der Waals surface area contributed by atoms with Crippen LogP contribution in [0.5, 0.6) is 0 Å². The summed E-state index contributed by atoms with van der Waals surface area (Å²) in [5.74, 6) is -0.176.